The van der Waals surface area contributed by atoms with Gasteiger partial charge in [0, 0.05) is 23.4 Å². The number of anilines is 1. The zero-order chi connectivity index (χ0) is 17.6. The quantitative estimate of drug-likeness (QED) is 0.711. The number of fused-ring (bicyclic) bond motifs is 2. The summed E-state index contributed by atoms with van der Waals surface area (Å²) in [5, 5.41) is 9.32. The van der Waals surface area contributed by atoms with Gasteiger partial charge >= 0.3 is 5.97 Å². The molecule has 0 fully saturated rings. The minimum Gasteiger partial charge on any atom is -0.486 e. The van der Waals surface area contributed by atoms with E-state index in [1.54, 1.807) is 16.7 Å². The number of rotatable bonds is 3. The second kappa shape index (κ2) is 5.70. The highest BCUT2D eigenvalue weighted by molar-refractivity contribution is 5.86. The highest BCUT2D eigenvalue weighted by atomic mass is 16.6. The topological polar surface area (TPSA) is 99.6 Å². The Morgan fingerprint density at radius 3 is 2.64 bits per heavy atom. The summed E-state index contributed by atoms with van der Waals surface area (Å²) in [6.45, 7) is 2.66. The van der Waals surface area contributed by atoms with Crippen LogP contribution in [0.1, 0.15) is 5.56 Å². The molecule has 2 heterocycles. The Morgan fingerprint density at radius 1 is 1.24 bits per heavy atom. The average molecular weight is 339 g/mol. The number of nitrogen functional groups attached to an aromatic ring is 1. The summed E-state index contributed by atoms with van der Waals surface area (Å²) in [4.78, 5) is 16.0. The minimum absolute atomic E-state index is 0.209. The summed E-state index contributed by atoms with van der Waals surface area (Å²) in [5.41, 5.74) is 9.70. The first-order valence-corrected chi connectivity index (χ1v) is 7.91. The number of carbonyl (C=O) groups is 1. The van der Waals surface area contributed by atoms with E-state index in [1.807, 2.05) is 25.1 Å². The maximum atomic E-state index is 11.4. The lowest BCUT2D eigenvalue weighted by molar-refractivity contribution is -0.137. The number of nitrogens with zero attached hydrogens (tertiary/aromatic N) is 2. The first kappa shape index (κ1) is 15.3. The Labute approximate surface area is 143 Å². The highest BCUT2D eigenvalue weighted by Gasteiger charge is 2.20. The van der Waals surface area contributed by atoms with Crippen molar-refractivity contribution in [2.75, 3.05) is 18.9 Å². The fraction of sp³-hybridized carbons (Fsp3) is 0.222. The Balaban J connectivity index is 1.95. The maximum Gasteiger partial charge on any atom is 0.323 e. The molecule has 7 nitrogen and oxygen atoms in total. The smallest absolute Gasteiger partial charge is 0.323 e. The summed E-state index contributed by atoms with van der Waals surface area (Å²) < 4.78 is 12.9. The fourth-order valence-electron chi connectivity index (χ4n) is 2.96. The Hall–Kier alpha value is -3.22. The van der Waals surface area contributed by atoms with Gasteiger partial charge in [-0.25, -0.2) is 4.98 Å². The Bertz CT molecular complexity index is 994. The van der Waals surface area contributed by atoms with E-state index in [1.165, 1.54) is 0 Å². The number of benzene rings is 2. The predicted octanol–water partition coefficient (Wildman–Crippen LogP) is 2.45. The van der Waals surface area contributed by atoms with Crippen molar-refractivity contribution in [2.45, 2.75) is 13.5 Å². The van der Waals surface area contributed by atoms with Crippen LogP contribution in [-0.4, -0.2) is 33.8 Å². The van der Waals surface area contributed by atoms with Crippen molar-refractivity contribution >= 4 is 22.7 Å². The van der Waals surface area contributed by atoms with Crippen LogP contribution in [0.4, 0.5) is 5.69 Å². The zero-order valence-electron chi connectivity index (χ0n) is 13.7. The third-order valence-electron chi connectivity index (χ3n) is 4.24. The van der Waals surface area contributed by atoms with E-state index >= 15 is 0 Å². The molecule has 3 aromatic rings. The number of carboxylic acids is 1. The van der Waals surface area contributed by atoms with E-state index in [-0.39, 0.29) is 6.54 Å². The molecule has 2 aromatic carbocycles. The molecule has 3 N–H and O–H groups in total. The molecule has 0 radical (unpaired) electrons. The van der Waals surface area contributed by atoms with E-state index < -0.39 is 5.97 Å². The zero-order valence-corrected chi connectivity index (χ0v) is 13.7. The molecule has 0 saturated heterocycles. The van der Waals surface area contributed by atoms with E-state index in [0.717, 1.165) is 11.1 Å². The lowest BCUT2D eigenvalue weighted by atomic mass is 10.1. The van der Waals surface area contributed by atoms with Crippen LogP contribution in [0.5, 0.6) is 11.5 Å². The van der Waals surface area contributed by atoms with E-state index in [2.05, 4.69) is 4.98 Å². The molecule has 0 unspecified atom stereocenters. The number of hydrogen-bond donors (Lipinski definition) is 2. The molecule has 0 aliphatic carbocycles. The molecule has 1 aliphatic rings. The van der Waals surface area contributed by atoms with Gasteiger partial charge in [0.2, 0.25) is 0 Å². The summed E-state index contributed by atoms with van der Waals surface area (Å²) in [6.07, 6.45) is 0. The SMILES string of the molecule is Cc1ccc(-c2nc3cc4c(cc3n2CC(=O)O)OCCO4)cc1N. The van der Waals surface area contributed by atoms with Crippen molar-refractivity contribution in [1.82, 2.24) is 9.55 Å². The highest BCUT2D eigenvalue weighted by Crippen LogP contribution is 2.36. The number of carboxylic acid groups (broad SMARTS) is 1. The summed E-state index contributed by atoms with van der Waals surface area (Å²) >= 11 is 0. The minimum atomic E-state index is -0.949. The molecule has 0 spiro atoms. The summed E-state index contributed by atoms with van der Waals surface area (Å²) in [7, 11) is 0. The van der Waals surface area contributed by atoms with Gasteiger partial charge in [0.15, 0.2) is 11.5 Å². The van der Waals surface area contributed by atoms with Gasteiger partial charge in [-0.2, -0.15) is 0 Å². The number of nitrogens with two attached hydrogens (primary N) is 1. The molecule has 0 bridgehead atoms. The monoisotopic (exact) mass is 339 g/mol. The maximum absolute atomic E-state index is 11.4. The number of hydrogen-bond acceptors (Lipinski definition) is 5. The number of aromatic nitrogens is 2. The van der Waals surface area contributed by atoms with Crippen molar-refractivity contribution in [3.8, 4) is 22.9 Å². The fourth-order valence-corrected chi connectivity index (χ4v) is 2.96. The second-order valence-electron chi connectivity index (χ2n) is 5.97. The normalized spacial score (nSPS) is 13.2. The molecule has 7 heteroatoms. The van der Waals surface area contributed by atoms with Crippen LogP contribution in [0.25, 0.3) is 22.4 Å². The lowest BCUT2D eigenvalue weighted by Crippen LogP contribution is -2.15. The molecular formula is C18H17N3O4. The van der Waals surface area contributed by atoms with Crippen molar-refractivity contribution in [3.63, 3.8) is 0 Å². The van der Waals surface area contributed by atoms with Gasteiger partial charge in [0.1, 0.15) is 25.6 Å². The van der Waals surface area contributed by atoms with Gasteiger partial charge in [0.25, 0.3) is 0 Å². The largest absolute Gasteiger partial charge is 0.486 e. The van der Waals surface area contributed by atoms with Crippen LogP contribution in [0, 0.1) is 6.92 Å². The van der Waals surface area contributed by atoms with E-state index in [9.17, 15) is 9.90 Å². The van der Waals surface area contributed by atoms with Gasteiger partial charge in [-0.3, -0.25) is 4.79 Å². The second-order valence-corrected chi connectivity index (χ2v) is 5.97. The number of aryl methyl sites for hydroxylation is 1. The first-order valence-electron chi connectivity index (χ1n) is 7.91. The standard InChI is InChI=1S/C18H17N3O4/c1-10-2-3-11(6-12(10)19)18-20-13-7-15-16(25-5-4-24-15)8-14(13)21(18)9-17(22)23/h2-3,6-8H,4-5,9,19H2,1H3,(H,22,23). The molecule has 0 saturated carbocycles. The number of ether oxygens (including phenoxy) is 2. The first-order chi connectivity index (χ1) is 12.0. The van der Waals surface area contributed by atoms with Crippen LogP contribution < -0.4 is 15.2 Å². The molecule has 4 rings (SSSR count). The van der Waals surface area contributed by atoms with Crippen LogP contribution in [-0.2, 0) is 11.3 Å². The van der Waals surface area contributed by atoms with Crippen LogP contribution in [0.15, 0.2) is 30.3 Å². The Morgan fingerprint density at radius 2 is 1.96 bits per heavy atom. The van der Waals surface area contributed by atoms with E-state index in [0.29, 0.717) is 47.3 Å². The molecular weight excluding hydrogens is 322 g/mol. The number of imidazole rings is 1. The molecule has 0 atom stereocenters. The van der Waals surface area contributed by atoms with Gasteiger partial charge in [0.05, 0.1) is 11.0 Å². The van der Waals surface area contributed by atoms with Crippen LogP contribution >= 0.6 is 0 Å². The van der Waals surface area contributed by atoms with Crippen molar-refractivity contribution in [1.29, 1.82) is 0 Å². The van der Waals surface area contributed by atoms with Gasteiger partial charge < -0.3 is 24.9 Å². The predicted molar refractivity (Wildman–Crippen MR) is 92.9 cm³/mol. The lowest BCUT2D eigenvalue weighted by Gasteiger charge is -2.18. The molecule has 1 aromatic heterocycles. The van der Waals surface area contributed by atoms with Gasteiger partial charge in [-0.1, -0.05) is 12.1 Å². The molecule has 0 amide bonds. The molecule has 25 heavy (non-hydrogen) atoms. The molecule has 128 valence electrons. The third kappa shape index (κ3) is 2.63. The summed E-state index contributed by atoms with van der Waals surface area (Å²) in [6, 6.07) is 9.15. The van der Waals surface area contributed by atoms with Crippen LogP contribution in [0.3, 0.4) is 0 Å². The van der Waals surface area contributed by atoms with Gasteiger partial charge in [-0.15, -0.1) is 0 Å². The Kier molecular flexibility index (Phi) is 3.49. The summed E-state index contributed by atoms with van der Waals surface area (Å²) in [5.74, 6) is 0.816. The average Bonchev–Trinajstić information content (AvgIpc) is 2.92. The molecule has 1 aliphatic heterocycles. The van der Waals surface area contributed by atoms with Crippen molar-refractivity contribution in [3.05, 3.63) is 35.9 Å². The van der Waals surface area contributed by atoms with Crippen molar-refractivity contribution < 1.29 is 19.4 Å². The van der Waals surface area contributed by atoms with Gasteiger partial charge in [-0.05, 0) is 18.6 Å². The van der Waals surface area contributed by atoms with E-state index in [4.69, 9.17) is 15.2 Å². The third-order valence-corrected chi connectivity index (χ3v) is 4.24. The number of aliphatic carboxylic acids is 1. The van der Waals surface area contributed by atoms with Crippen molar-refractivity contribution in [2.24, 2.45) is 0 Å². The van der Waals surface area contributed by atoms with Crippen LogP contribution in [0.2, 0.25) is 0 Å².